The molecule has 1 aliphatic carbocycles. The zero-order chi connectivity index (χ0) is 15.1. The predicted octanol–water partition coefficient (Wildman–Crippen LogP) is 2.12. The van der Waals surface area contributed by atoms with Crippen molar-refractivity contribution in [3.8, 4) is 0 Å². The molecule has 0 N–H and O–H groups in total. The minimum atomic E-state index is -2.80. The third-order valence-electron chi connectivity index (χ3n) is 4.58. The minimum absolute atomic E-state index is 0.305. The number of sulfone groups is 1. The van der Waals surface area contributed by atoms with Crippen molar-refractivity contribution in [2.24, 2.45) is 11.8 Å². The molecule has 0 aromatic heterocycles. The Morgan fingerprint density at radius 3 is 2.67 bits per heavy atom. The molecule has 0 aromatic carbocycles. The Morgan fingerprint density at radius 1 is 1.19 bits per heavy atom. The highest BCUT2D eigenvalue weighted by Crippen LogP contribution is 2.23. The van der Waals surface area contributed by atoms with Crippen LogP contribution >= 0.6 is 0 Å². The van der Waals surface area contributed by atoms with E-state index in [1.54, 1.807) is 7.11 Å². The monoisotopic (exact) mass is 315 g/mol. The van der Waals surface area contributed by atoms with Crippen LogP contribution in [0.5, 0.6) is 0 Å². The van der Waals surface area contributed by atoms with Crippen molar-refractivity contribution in [1.82, 2.24) is 4.90 Å². The number of hydrogen-bond acceptors (Lipinski definition) is 4. The molecule has 1 aliphatic heterocycles. The Labute approximate surface area is 129 Å². The summed E-state index contributed by atoms with van der Waals surface area (Å²) in [5, 5.41) is 0. The molecule has 0 saturated carbocycles. The highest BCUT2D eigenvalue weighted by atomic mass is 32.2. The van der Waals surface area contributed by atoms with Gasteiger partial charge in [0.15, 0.2) is 9.84 Å². The third kappa shape index (κ3) is 6.09. The van der Waals surface area contributed by atoms with Gasteiger partial charge in [-0.1, -0.05) is 12.2 Å². The summed E-state index contributed by atoms with van der Waals surface area (Å²) in [6.45, 7) is 3.61. The number of hydrogen-bond donors (Lipinski definition) is 0. The van der Waals surface area contributed by atoms with Crippen LogP contribution in [-0.4, -0.2) is 58.2 Å². The number of allylic oxidation sites excluding steroid dienone is 2. The van der Waals surface area contributed by atoms with E-state index >= 15 is 0 Å². The molecule has 122 valence electrons. The van der Waals surface area contributed by atoms with Crippen LogP contribution in [0.25, 0.3) is 0 Å². The highest BCUT2D eigenvalue weighted by molar-refractivity contribution is 7.91. The second-order valence-electron chi connectivity index (χ2n) is 6.53. The van der Waals surface area contributed by atoms with Gasteiger partial charge in [-0.15, -0.1) is 0 Å². The standard InChI is InChI=1S/C16H29NO3S/c1-20-10-9-17(12-15-6-3-2-4-7-15)13-16-8-5-11-21(18,19)14-16/h2-3,15-16H,4-14H2,1H3/t15-,16+/m1/s1. The van der Waals surface area contributed by atoms with E-state index in [-0.39, 0.29) is 0 Å². The molecule has 0 amide bonds. The molecule has 1 fully saturated rings. The van der Waals surface area contributed by atoms with Crippen molar-refractivity contribution in [3.63, 3.8) is 0 Å². The lowest BCUT2D eigenvalue weighted by molar-refractivity contribution is 0.123. The molecule has 4 nitrogen and oxygen atoms in total. The van der Waals surface area contributed by atoms with E-state index in [1.807, 2.05) is 0 Å². The van der Waals surface area contributed by atoms with Crippen LogP contribution in [0.2, 0.25) is 0 Å². The largest absolute Gasteiger partial charge is 0.383 e. The van der Waals surface area contributed by atoms with Gasteiger partial charge >= 0.3 is 0 Å². The summed E-state index contributed by atoms with van der Waals surface area (Å²) < 4.78 is 28.8. The molecule has 0 aromatic rings. The zero-order valence-electron chi connectivity index (χ0n) is 13.2. The van der Waals surface area contributed by atoms with Crippen molar-refractivity contribution in [3.05, 3.63) is 12.2 Å². The summed E-state index contributed by atoms with van der Waals surface area (Å²) in [4.78, 5) is 2.43. The van der Waals surface area contributed by atoms with E-state index in [9.17, 15) is 8.42 Å². The van der Waals surface area contributed by atoms with Crippen molar-refractivity contribution in [1.29, 1.82) is 0 Å². The fourth-order valence-electron chi connectivity index (χ4n) is 3.49. The fraction of sp³-hybridized carbons (Fsp3) is 0.875. The first-order valence-corrected chi connectivity index (χ1v) is 9.98. The van der Waals surface area contributed by atoms with Crippen LogP contribution in [-0.2, 0) is 14.6 Å². The summed E-state index contributed by atoms with van der Waals surface area (Å²) in [6, 6.07) is 0. The molecular formula is C16H29NO3S. The maximum atomic E-state index is 11.8. The average molecular weight is 315 g/mol. The van der Waals surface area contributed by atoms with E-state index in [0.29, 0.717) is 23.3 Å². The number of nitrogens with zero attached hydrogens (tertiary/aromatic N) is 1. The highest BCUT2D eigenvalue weighted by Gasteiger charge is 2.27. The smallest absolute Gasteiger partial charge is 0.150 e. The summed E-state index contributed by atoms with van der Waals surface area (Å²) in [5.74, 6) is 1.78. The Kier molecular flexibility index (Phi) is 6.71. The normalized spacial score (nSPS) is 28.9. The molecule has 2 atom stereocenters. The van der Waals surface area contributed by atoms with Gasteiger partial charge in [-0.2, -0.15) is 0 Å². The third-order valence-corrected chi connectivity index (χ3v) is 6.47. The molecule has 0 unspecified atom stereocenters. The van der Waals surface area contributed by atoms with Crippen molar-refractivity contribution in [2.75, 3.05) is 44.9 Å². The van der Waals surface area contributed by atoms with E-state index < -0.39 is 9.84 Å². The Balaban J connectivity index is 1.87. The maximum Gasteiger partial charge on any atom is 0.150 e. The Bertz CT molecular complexity index is 433. The first kappa shape index (κ1) is 17.0. The molecule has 2 rings (SSSR count). The van der Waals surface area contributed by atoms with Gasteiger partial charge in [0.2, 0.25) is 0 Å². The molecule has 2 aliphatic rings. The molecular weight excluding hydrogens is 286 g/mol. The van der Waals surface area contributed by atoms with Crippen LogP contribution in [0.4, 0.5) is 0 Å². The van der Waals surface area contributed by atoms with E-state index in [0.717, 1.165) is 45.5 Å². The molecule has 1 heterocycles. The van der Waals surface area contributed by atoms with Crippen LogP contribution in [0.1, 0.15) is 32.1 Å². The minimum Gasteiger partial charge on any atom is -0.383 e. The zero-order valence-corrected chi connectivity index (χ0v) is 14.0. The summed E-state index contributed by atoms with van der Waals surface area (Å²) in [5.41, 5.74) is 0. The SMILES string of the molecule is COCCN(C[C@@H]1CC=CCC1)C[C@@H]1CCCS(=O)(=O)C1. The van der Waals surface area contributed by atoms with Gasteiger partial charge in [0.05, 0.1) is 18.1 Å². The van der Waals surface area contributed by atoms with E-state index in [2.05, 4.69) is 17.1 Å². The average Bonchev–Trinajstić information content (AvgIpc) is 2.45. The summed E-state index contributed by atoms with van der Waals surface area (Å²) >= 11 is 0. The predicted molar refractivity (Wildman–Crippen MR) is 86.2 cm³/mol. The molecule has 0 bridgehead atoms. The molecule has 0 radical (unpaired) electrons. The van der Waals surface area contributed by atoms with Crippen LogP contribution in [0, 0.1) is 11.8 Å². The van der Waals surface area contributed by atoms with E-state index in [1.165, 1.54) is 12.8 Å². The Morgan fingerprint density at radius 2 is 2.00 bits per heavy atom. The Hall–Kier alpha value is -0.390. The fourth-order valence-corrected chi connectivity index (χ4v) is 5.26. The van der Waals surface area contributed by atoms with Gasteiger partial charge in [-0.3, -0.25) is 0 Å². The molecule has 0 spiro atoms. The quantitative estimate of drug-likeness (QED) is 0.675. The van der Waals surface area contributed by atoms with E-state index in [4.69, 9.17) is 4.74 Å². The molecule has 5 heteroatoms. The van der Waals surface area contributed by atoms with Gasteiger partial charge in [0.1, 0.15) is 0 Å². The first-order chi connectivity index (χ1) is 10.1. The van der Waals surface area contributed by atoms with Crippen LogP contribution in [0.3, 0.4) is 0 Å². The lowest BCUT2D eigenvalue weighted by Gasteiger charge is -2.32. The summed E-state index contributed by atoms with van der Waals surface area (Å²) in [7, 11) is -1.07. The lowest BCUT2D eigenvalue weighted by Crippen LogP contribution is -2.40. The topological polar surface area (TPSA) is 46.6 Å². The van der Waals surface area contributed by atoms with Crippen LogP contribution < -0.4 is 0 Å². The number of rotatable bonds is 7. The second kappa shape index (κ2) is 8.30. The van der Waals surface area contributed by atoms with Crippen molar-refractivity contribution < 1.29 is 13.2 Å². The molecule has 1 saturated heterocycles. The maximum absolute atomic E-state index is 11.8. The summed E-state index contributed by atoms with van der Waals surface area (Å²) in [6.07, 6.45) is 10.0. The first-order valence-electron chi connectivity index (χ1n) is 8.16. The van der Waals surface area contributed by atoms with Crippen molar-refractivity contribution >= 4 is 9.84 Å². The van der Waals surface area contributed by atoms with Crippen LogP contribution in [0.15, 0.2) is 12.2 Å². The van der Waals surface area contributed by atoms with Gasteiger partial charge in [-0.25, -0.2) is 8.42 Å². The van der Waals surface area contributed by atoms with Gasteiger partial charge in [0.25, 0.3) is 0 Å². The van der Waals surface area contributed by atoms with Gasteiger partial charge in [0, 0.05) is 26.7 Å². The number of ether oxygens (including phenoxy) is 1. The van der Waals surface area contributed by atoms with Crippen molar-refractivity contribution in [2.45, 2.75) is 32.1 Å². The van der Waals surface area contributed by atoms with Gasteiger partial charge < -0.3 is 9.64 Å². The van der Waals surface area contributed by atoms with Gasteiger partial charge in [-0.05, 0) is 43.9 Å². The second-order valence-corrected chi connectivity index (χ2v) is 8.75. The number of methoxy groups -OCH3 is 1. The molecule has 21 heavy (non-hydrogen) atoms. The lowest BCUT2D eigenvalue weighted by atomic mass is 9.93.